The summed E-state index contributed by atoms with van der Waals surface area (Å²) in [4.78, 5) is 7.89. The second kappa shape index (κ2) is 5.86. The van der Waals surface area contributed by atoms with E-state index in [0.29, 0.717) is 11.4 Å². The lowest BCUT2D eigenvalue weighted by Gasteiger charge is -2.05. The molecule has 0 spiro atoms. The summed E-state index contributed by atoms with van der Waals surface area (Å²) in [5.74, 6) is -0.366. The van der Waals surface area contributed by atoms with E-state index >= 15 is 0 Å². The lowest BCUT2D eigenvalue weighted by atomic mass is 10.2. The van der Waals surface area contributed by atoms with Gasteiger partial charge in [0.2, 0.25) is 0 Å². The second-order valence-electron chi connectivity index (χ2n) is 4.44. The third kappa shape index (κ3) is 2.63. The van der Waals surface area contributed by atoms with Crippen molar-refractivity contribution in [3.05, 3.63) is 60.2 Å². The first-order valence-corrected chi connectivity index (χ1v) is 6.39. The molecule has 0 amide bonds. The van der Waals surface area contributed by atoms with Gasteiger partial charge in [0.25, 0.3) is 0 Å². The van der Waals surface area contributed by atoms with Gasteiger partial charge in [-0.05, 0) is 12.1 Å². The molecule has 0 aliphatic carbocycles. The van der Waals surface area contributed by atoms with Crippen LogP contribution in [0.3, 0.4) is 0 Å². The lowest BCUT2D eigenvalue weighted by molar-refractivity contribution is 0.209. The summed E-state index contributed by atoms with van der Waals surface area (Å²) in [5.41, 5.74) is 1.11. The van der Waals surface area contributed by atoms with Crippen molar-refractivity contribution in [3.8, 4) is 11.4 Å². The predicted octanol–water partition coefficient (Wildman–Crippen LogP) is 1.29. The van der Waals surface area contributed by atoms with Crippen LogP contribution >= 0.6 is 0 Å². The molecule has 1 aromatic carbocycles. The summed E-state index contributed by atoms with van der Waals surface area (Å²) in [6, 6.07) is 4.40. The van der Waals surface area contributed by atoms with Gasteiger partial charge in [-0.25, -0.2) is 9.07 Å². The van der Waals surface area contributed by atoms with Gasteiger partial charge in [-0.15, -0.1) is 5.10 Å². The number of hydrogen-bond donors (Lipinski definition) is 1. The zero-order chi connectivity index (χ0) is 15.5. The molecule has 2 aromatic heterocycles. The van der Waals surface area contributed by atoms with E-state index in [1.54, 1.807) is 6.07 Å². The third-order valence-electron chi connectivity index (χ3n) is 3.05. The van der Waals surface area contributed by atoms with Crippen LogP contribution in [0.2, 0.25) is 0 Å². The zero-order valence-electron chi connectivity index (χ0n) is 11.6. The molecule has 8 heteroatoms. The van der Waals surface area contributed by atoms with Gasteiger partial charge in [-0.2, -0.15) is 0 Å². The Morgan fingerprint density at radius 3 is 2.82 bits per heavy atom. The normalized spacial score (nSPS) is 12.1. The molecule has 0 bridgehead atoms. The van der Waals surface area contributed by atoms with Crippen molar-refractivity contribution in [3.63, 3.8) is 0 Å². The predicted molar refractivity (Wildman–Crippen MR) is 74.0 cm³/mol. The van der Waals surface area contributed by atoms with Crippen LogP contribution in [0, 0.1) is 5.82 Å². The van der Waals surface area contributed by atoms with E-state index in [9.17, 15) is 9.50 Å². The standard InChI is InChI=1S/C14H12FN5O2/c1-22-13-3-2-9(6-10(13)15)20-8-12(18-19-20)14(21)11-7-16-4-5-17-11/h2-8,14,21H,1H3. The van der Waals surface area contributed by atoms with Crippen molar-refractivity contribution in [2.75, 3.05) is 7.11 Å². The Balaban J connectivity index is 1.89. The first kappa shape index (κ1) is 14.1. The number of ether oxygens (including phenoxy) is 1. The Labute approximate surface area is 125 Å². The molecule has 3 aromatic rings. The average Bonchev–Trinajstić information content (AvgIpc) is 3.05. The molecule has 0 radical (unpaired) electrons. The summed E-state index contributed by atoms with van der Waals surface area (Å²) in [5, 5.41) is 17.9. The zero-order valence-corrected chi connectivity index (χ0v) is 11.6. The van der Waals surface area contributed by atoms with E-state index < -0.39 is 11.9 Å². The van der Waals surface area contributed by atoms with E-state index in [2.05, 4.69) is 20.3 Å². The Bertz CT molecular complexity index is 778. The van der Waals surface area contributed by atoms with E-state index in [-0.39, 0.29) is 11.4 Å². The molecule has 3 rings (SSSR count). The van der Waals surface area contributed by atoms with Crippen LogP contribution in [0.15, 0.2) is 43.0 Å². The molecule has 112 valence electrons. The van der Waals surface area contributed by atoms with Crippen molar-refractivity contribution in [2.24, 2.45) is 0 Å². The molecule has 0 saturated heterocycles. The topological polar surface area (TPSA) is 86.0 Å². The van der Waals surface area contributed by atoms with Crippen molar-refractivity contribution >= 4 is 0 Å². The van der Waals surface area contributed by atoms with E-state index in [4.69, 9.17) is 4.74 Å². The Hall–Kier alpha value is -2.87. The summed E-state index contributed by atoms with van der Waals surface area (Å²) >= 11 is 0. The fraction of sp³-hybridized carbons (Fsp3) is 0.143. The van der Waals surface area contributed by atoms with Crippen LogP contribution in [0.5, 0.6) is 5.75 Å². The minimum Gasteiger partial charge on any atom is -0.494 e. The minimum absolute atomic E-state index is 0.142. The molecule has 1 unspecified atom stereocenters. The summed E-state index contributed by atoms with van der Waals surface area (Å²) < 4.78 is 19.9. The number of aliphatic hydroxyl groups is 1. The Morgan fingerprint density at radius 1 is 1.27 bits per heavy atom. The SMILES string of the molecule is COc1ccc(-n2cc(C(O)c3cnccn3)nn2)cc1F. The Morgan fingerprint density at radius 2 is 2.14 bits per heavy atom. The van der Waals surface area contributed by atoms with Gasteiger partial charge in [-0.1, -0.05) is 5.21 Å². The maximum atomic E-state index is 13.7. The molecule has 2 heterocycles. The summed E-state index contributed by atoms with van der Waals surface area (Å²) in [7, 11) is 1.39. The molecule has 0 saturated carbocycles. The fourth-order valence-corrected chi connectivity index (χ4v) is 1.93. The van der Waals surface area contributed by atoms with Gasteiger partial charge >= 0.3 is 0 Å². The number of halogens is 1. The molecule has 0 fully saturated rings. The van der Waals surface area contributed by atoms with Crippen LogP contribution in [-0.4, -0.2) is 37.2 Å². The number of nitrogens with zero attached hydrogens (tertiary/aromatic N) is 5. The molecular formula is C14H12FN5O2. The van der Waals surface area contributed by atoms with Gasteiger partial charge in [0, 0.05) is 18.5 Å². The number of aromatic nitrogens is 5. The smallest absolute Gasteiger partial charge is 0.167 e. The largest absolute Gasteiger partial charge is 0.494 e. The quantitative estimate of drug-likeness (QED) is 0.781. The first-order valence-electron chi connectivity index (χ1n) is 6.39. The average molecular weight is 301 g/mol. The Kier molecular flexibility index (Phi) is 3.75. The molecule has 1 N–H and O–H groups in total. The molecule has 0 aliphatic rings. The van der Waals surface area contributed by atoms with Crippen LogP contribution in [0.1, 0.15) is 17.5 Å². The summed E-state index contributed by atoms with van der Waals surface area (Å²) in [6.07, 6.45) is 4.87. The van der Waals surface area contributed by atoms with Gasteiger partial charge in [0.1, 0.15) is 11.8 Å². The summed E-state index contributed by atoms with van der Waals surface area (Å²) in [6.45, 7) is 0. The number of rotatable bonds is 4. The monoisotopic (exact) mass is 301 g/mol. The first-order chi connectivity index (χ1) is 10.7. The molecular weight excluding hydrogens is 289 g/mol. The maximum Gasteiger partial charge on any atom is 0.167 e. The fourth-order valence-electron chi connectivity index (χ4n) is 1.93. The van der Waals surface area contributed by atoms with Gasteiger partial charge in [0.15, 0.2) is 11.6 Å². The van der Waals surface area contributed by atoms with E-state index in [1.807, 2.05) is 0 Å². The third-order valence-corrected chi connectivity index (χ3v) is 3.05. The van der Waals surface area contributed by atoms with Crippen LogP contribution in [0.25, 0.3) is 5.69 Å². The highest BCUT2D eigenvalue weighted by Gasteiger charge is 2.17. The second-order valence-corrected chi connectivity index (χ2v) is 4.44. The van der Waals surface area contributed by atoms with E-state index in [0.717, 1.165) is 0 Å². The van der Waals surface area contributed by atoms with Crippen molar-refractivity contribution < 1.29 is 14.2 Å². The highest BCUT2D eigenvalue weighted by molar-refractivity contribution is 5.38. The molecule has 22 heavy (non-hydrogen) atoms. The highest BCUT2D eigenvalue weighted by Crippen LogP contribution is 2.21. The van der Waals surface area contributed by atoms with Crippen molar-refractivity contribution in [2.45, 2.75) is 6.10 Å². The van der Waals surface area contributed by atoms with Crippen molar-refractivity contribution in [1.82, 2.24) is 25.0 Å². The number of methoxy groups -OCH3 is 1. The van der Waals surface area contributed by atoms with Crippen LogP contribution in [-0.2, 0) is 0 Å². The van der Waals surface area contributed by atoms with E-state index in [1.165, 1.54) is 48.7 Å². The number of aliphatic hydroxyl groups excluding tert-OH is 1. The number of benzene rings is 1. The minimum atomic E-state index is -1.05. The lowest BCUT2D eigenvalue weighted by Crippen LogP contribution is -2.03. The molecule has 0 aliphatic heterocycles. The maximum absolute atomic E-state index is 13.7. The van der Waals surface area contributed by atoms with Crippen molar-refractivity contribution in [1.29, 1.82) is 0 Å². The van der Waals surface area contributed by atoms with Gasteiger partial charge in [-0.3, -0.25) is 9.97 Å². The van der Waals surface area contributed by atoms with Crippen LogP contribution < -0.4 is 4.74 Å². The van der Waals surface area contributed by atoms with Gasteiger partial charge in [0.05, 0.1) is 30.9 Å². The molecule has 7 nitrogen and oxygen atoms in total. The molecule has 1 atom stereocenters. The van der Waals surface area contributed by atoms with Gasteiger partial charge < -0.3 is 9.84 Å². The highest BCUT2D eigenvalue weighted by atomic mass is 19.1. The number of hydrogen-bond acceptors (Lipinski definition) is 6. The van der Waals surface area contributed by atoms with Crippen LogP contribution in [0.4, 0.5) is 4.39 Å².